The Morgan fingerprint density at radius 2 is 1.88 bits per heavy atom. The Morgan fingerprint density at radius 1 is 1.03 bits per heavy atom. The fourth-order valence-corrected chi connectivity index (χ4v) is 4.10. The van der Waals surface area contributed by atoms with Gasteiger partial charge in [-0.05, 0) is 44.3 Å². The summed E-state index contributed by atoms with van der Waals surface area (Å²) in [7, 11) is 4.07. The quantitative estimate of drug-likeness (QED) is 0.520. The van der Waals surface area contributed by atoms with Gasteiger partial charge in [0.05, 0.1) is 17.9 Å². The number of hydrogen-bond donors (Lipinski definition) is 1. The molecule has 1 N–H and O–H groups in total. The summed E-state index contributed by atoms with van der Waals surface area (Å²) in [5.41, 5.74) is 3.36. The van der Waals surface area contributed by atoms with Crippen LogP contribution in [0.5, 0.6) is 0 Å². The van der Waals surface area contributed by atoms with Crippen LogP contribution in [0.25, 0.3) is 22.0 Å². The maximum absolute atomic E-state index is 12.5. The van der Waals surface area contributed by atoms with Crippen molar-refractivity contribution in [1.29, 1.82) is 0 Å². The molecule has 9 nitrogen and oxygen atoms in total. The average molecular weight is 443 g/mol. The molecule has 168 valence electrons. The summed E-state index contributed by atoms with van der Waals surface area (Å²) < 4.78 is 1.80. The molecule has 0 spiro atoms. The van der Waals surface area contributed by atoms with Gasteiger partial charge in [-0.1, -0.05) is 0 Å². The van der Waals surface area contributed by atoms with Gasteiger partial charge in [-0.15, -0.1) is 0 Å². The fraction of sp³-hybridized carbons (Fsp3) is 0.292. The predicted molar refractivity (Wildman–Crippen MR) is 128 cm³/mol. The number of nitrogens with zero attached hydrogens (tertiary/aromatic N) is 7. The molecule has 1 aliphatic heterocycles. The molecule has 1 aliphatic rings. The highest BCUT2D eigenvalue weighted by Gasteiger charge is 2.20. The molecule has 4 aromatic heterocycles. The largest absolute Gasteiger partial charge is 0.355 e. The van der Waals surface area contributed by atoms with E-state index in [1.807, 2.05) is 25.5 Å². The first-order valence-corrected chi connectivity index (χ1v) is 11.0. The highest BCUT2D eigenvalue weighted by molar-refractivity contribution is 6.04. The maximum Gasteiger partial charge on any atom is 0.256 e. The molecule has 0 bridgehead atoms. The molecule has 0 aromatic carbocycles. The van der Waals surface area contributed by atoms with Crippen LogP contribution in [0.1, 0.15) is 16.8 Å². The summed E-state index contributed by atoms with van der Waals surface area (Å²) >= 11 is 0. The zero-order valence-corrected chi connectivity index (χ0v) is 18.8. The van der Waals surface area contributed by atoms with Crippen LogP contribution in [0.2, 0.25) is 0 Å². The molecule has 0 saturated carbocycles. The number of nitrogens with one attached hydrogen (secondary N) is 1. The fourth-order valence-electron chi connectivity index (χ4n) is 4.10. The molecule has 5 rings (SSSR count). The highest BCUT2D eigenvalue weighted by Crippen LogP contribution is 2.33. The normalized spacial score (nSPS) is 14.9. The molecule has 0 radical (unpaired) electrons. The van der Waals surface area contributed by atoms with Gasteiger partial charge in [0.25, 0.3) is 5.91 Å². The minimum absolute atomic E-state index is 0.227. The van der Waals surface area contributed by atoms with E-state index in [1.165, 1.54) is 0 Å². The number of carbonyl (C=O) groups is 1. The van der Waals surface area contributed by atoms with Gasteiger partial charge >= 0.3 is 0 Å². The Morgan fingerprint density at radius 3 is 2.67 bits per heavy atom. The second-order valence-electron chi connectivity index (χ2n) is 8.36. The van der Waals surface area contributed by atoms with E-state index in [4.69, 9.17) is 4.98 Å². The molecule has 9 heteroatoms. The van der Waals surface area contributed by atoms with Gasteiger partial charge in [0, 0.05) is 67.3 Å². The van der Waals surface area contributed by atoms with E-state index >= 15 is 0 Å². The van der Waals surface area contributed by atoms with E-state index in [0.29, 0.717) is 11.4 Å². The van der Waals surface area contributed by atoms with Gasteiger partial charge < -0.3 is 15.1 Å². The van der Waals surface area contributed by atoms with E-state index < -0.39 is 0 Å². The number of fused-ring (bicyclic) bond motifs is 1. The van der Waals surface area contributed by atoms with Crippen molar-refractivity contribution in [2.75, 3.05) is 43.4 Å². The SMILES string of the molecule is CN1CCCN(c2nc3cnc(NC(=O)c4ccncc4)cc3cc2-c2cnn(C)c2)CC1. The number of amides is 1. The number of aryl methyl sites for hydroxylation is 1. The molecule has 0 aliphatic carbocycles. The first-order chi connectivity index (χ1) is 16.1. The third-order valence-electron chi connectivity index (χ3n) is 5.90. The van der Waals surface area contributed by atoms with Crippen molar-refractivity contribution in [2.45, 2.75) is 6.42 Å². The van der Waals surface area contributed by atoms with Crippen molar-refractivity contribution in [3.63, 3.8) is 0 Å². The first-order valence-electron chi connectivity index (χ1n) is 11.0. The summed E-state index contributed by atoms with van der Waals surface area (Å²) in [4.78, 5) is 30.7. The molecule has 4 aromatic rings. The summed E-state index contributed by atoms with van der Waals surface area (Å²) in [5, 5.41) is 8.14. The van der Waals surface area contributed by atoms with Gasteiger partial charge in [-0.25, -0.2) is 9.97 Å². The Kier molecular flexibility index (Phi) is 5.70. The van der Waals surface area contributed by atoms with Crippen molar-refractivity contribution in [2.24, 2.45) is 7.05 Å². The van der Waals surface area contributed by atoms with Crippen LogP contribution in [0.3, 0.4) is 0 Å². The maximum atomic E-state index is 12.5. The molecular formula is C24H26N8O. The summed E-state index contributed by atoms with van der Waals surface area (Å²) in [6.07, 6.45) is 9.86. The van der Waals surface area contributed by atoms with E-state index in [1.54, 1.807) is 35.4 Å². The smallest absolute Gasteiger partial charge is 0.256 e. The Bertz CT molecular complexity index is 1290. The predicted octanol–water partition coefficient (Wildman–Crippen LogP) is 2.82. The number of likely N-dealkylation sites (N-methyl/N-ethyl adjacent to an activating group) is 1. The Hall–Kier alpha value is -3.85. The molecule has 1 fully saturated rings. The van der Waals surface area contributed by atoms with Crippen LogP contribution in [-0.2, 0) is 7.05 Å². The van der Waals surface area contributed by atoms with Crippen molar-refractivity contribution in [1.82, 2.24) is 29.6 Å². The average Bonchev–Trinajstić information content (AvgIpc) is 3.15. The summed E-state index contributed by atoms with van der Waals surface area (Å²) in [6.45, 7) is 3.93. The lowest BCUT2D eigenvalue weighted by Gasteiger charge is -2.24. The number of pyridine rings is 3. The lowest BCUT2D eigenvalue weighted by Crippen LogP contribution is -2.29. The van der Waals surface area contributed by atoms with Gasteiger partial charge in [0.1, 0.15) is 11.6 Å². The molecule has 0 unspecified atom stereocenters. The van der Waals surface area contributed by atoms with Crippen LogP contribution < -0.4 is 10.2 Å². The van der Waals surface area contributed by atoms with Crippen LogP contribution in [0, 0.1) is 0 Å². The van der Waals surface area contributed by atoms with Crippen molar-refractivity contribution >= 4 is 28.4 Å². The standard InChI is InChI=1S/C24H26N8O/c1-30-8-3-9-32(11-10-30)23-20(19-14-27-31(2)16-19)12-18-13-22(26-15-21(18)28-23)29-24(33)17-4-6-25-7-5-17/h4-7,12-16H,3,8-11H2,1-2H3,(H,26,29,33). The number of rotatable bonds is 4. The van der Waals surface area contributed by atoms with Crippen molar-refractivity contribution in [3.8, 4) is 11.1 Å². The second kappa shape index (κ2) is 8.95. The van der Waals surface area contributed by atoms with Crippen molar-refractivity contribution < 1.29 is 4.79 Å². The van der Waals surface area contributed by atoms with E-state index in [0.717, 1.165) is 60.4 Å². The number of anilines is 2. The Labute approximate surface area is 192 Å². The van der Waals surface area contributed by atoms with Gasteiger partial charge in [0.15, 0.2) is 0 Å². The van der Waals surface area contributed by atoms with Gasteiger partial charge in [0.2, 0.25) is 0 Å². The molecule has 1 amide bonds. The minimum Gasteiger partial charge on any atom is -0.355 e. The zero-order valence-electron chi connectivity index (χ0n) is 18.8. The van der Waals surface area contributed by atoms with E-state index in [9.17, 15) is 4.79 Å². The first kappa shape index (κ1) is 21.0. The molecule has 1 saturated heterocycles. The minimum atomic E-state index is -0.227. The third kappa shape index (κ3) is 4.54. The lowest BCUT2D eigenvalue weighted by molar-refractivity contribution is 0.102. The number of hydrogen-bond acceptors (Lipinski definition) is 7. The second-order valence-corrected chi connectivity index (χ2v) is 8.36. The lowest BCUT2D eigenvalue weighted by atomic mass is 10.1. The molecule has 0 atom stereocenters. The van der Waals surface area contributed by atoms with E-state index in [2.05, 4.69) is 43.3 Å². The summed E-state index contributed by atoms with van der Waals surface area (Å²) in [5.74, 6) is 1.20. The van der Waals surface area contributed by atoms with Crippen LogP contribution in [0.15, 0.2) is 55.2 Å². The molecule has 5 heterocycles. The monoisotopic (exact) mass is 442 g/mol. The highest BCUT2D eigenvalue weighted by atomic mass is 16.1. The van der Waals surface area contributed by atoms with Gasteiger partial charge in [-0.2, -0.15) is 5.10 Å². The van der Waals surface area contributed by atoms with Gasteiger partial charge in [-0.3, -0.25) is 14.5 Å². The van der Waals surface area contributed by atoms with Crippen LogP contribution in [-0.4, -0.2) is 68.8 Å². The topological polar surface area (TPSA) is 92.1 Å². The number of carbonyl (C=O) groups excluding carboxylic acids is 1. The Balaban J connectivity index is 1.53. The third-order valence-corrected chi connectivity index (χ3v) is 5.90. The zero-order chi connectivity index (χ0) is 22.8. The van der Waals surface area contributed by atoms with Crippen molar-refractivity contribution in [3.05, 3.63) is 60.8 Å². The number of aromatic nitrogens is 5. The molecular weight excluding hydrogens is 416 g/mol. The van der Waals surface area contributed by atoms with Crippen LogP contribution in [0.4, 0.5) is 11.6 Å². The molecule has 33 heavy (non-hydrogen) atoms. The van der Waals surface area contributed by atoms with E-state index in [-0.39, 0.29) is 5.91 Å². The summed E-state index contributed by atoms with van der Waals surface area (Å²) in [6, 6.07) is 7.32. The van der Waals surface area contributed by atoms with Crippen LogP contribution >= 0.6 is 0 Å².